The lowest BCUT2D eigenvalue weighted by Crippen LogP contribution is -2.58. The second kappa shape index (κ2) is 13.0. The number of carbonyl (C=O) groups excluding carboxylic acids is 3. The number of alkyl halides is 2. The number of halogens is 3. The fourth-order valence-corrected chi connectivity index (χ4v) is 5.01. The minimum Gasteiger partial charge on any atom is -0.493 e. The summed E-state index contributed by atoms with van der Waals surface area (Å²) in [5, 5.41) is 11.5. The van der Waals surface area contributed by atoms with Crippen LogP contribution >= 0.6 is 0 Å². The number of nitrogens with one attached hydrogen (secondary N) is 3. The van der Waals surface area contributed by atoms with E-state index in [1.807, 2.05) is 0 Å². The van der Waals surface area contributed by atoms with Crippen molar-refractivity contribution in [1.29, 1.82) is 0 Å². The van der Waals surface area contributed by atoms with Crippen LogP contribution < -0.4 is 24.8 Å². The number of methoxy groups -OCH3 is 1. The van der Waals surface area contributed by atoms with Crippen molar-refractivity contribution in [3.8, 4) is 17.2 Å². The van der Waals surface area contributed by atoms with Gasteiger partial charge < -0.3 is 29.7 Å². The average Bonchev–Trinajstić information content (AvgIpc) is 3.49. The fourth-order valence-electron chi connectivity index (χ4n) is 5.01. The number of rotatable bonds is 3. The van der Waals surface area contributed by atoms with Gasteiger partial charge in [0.1, 0.15) is 23.4 Å². The van der Waals surface area contributed by atoms with E-state index in [0.717, 1.165) is 11.6 Å². The molecular formula is C29H30F3N5O6. The zero-order valence-corrected chi connectivity index (χ0v) is 23.2. The van der Waals surface area contributed by atoms with Gasteiger partial charge >= 0.3 is 0 Å². The summed E-state index contributed by atoms with van der Waals surface area (Å²) in [6, 6.07) is 9.43. The summed E-state index contributed by atoms with van der Waals surface area (Å²) in [5.74, 6) is -1.05. The van der Waals surface area contributed by atoms with Gasteiger partial charge in [0.15, 0.2) is 23.8 Å². The van der Waals surface area contributed by atoms with Crippen molar-refractivity contribution >= 4 is 17.7 Å². The van der Waals surface area contributed by atoms with Gasteiger partial charge in [0, 0.05) is 38.5 Å². The van der Waals surface area contributed by atoms with Crippen LogP contribution in [0.25, 0.3) is 0 Å². The first kappa shape index (κ1) is 29.7. The van der Waals surface area contributed by atoms with Crippen molar-refractivity contribution in [2.45, 2.75) is 44.4 Å². The predicted molar refractivity (Wildman–Crippen MR) is 145 cm³/mol. The first-order chi connectivity index (χ1) is 20.7. The van der Waals surface area contributed by atoms with Crippen LogP contribution in [0.3, 0.4) is 0 Å². The van der Waals surface area contributed by atoms with Crippen LogP contribution in [0.5, 0.6) is 17.2 Å². The third-order valence-corrected chi connectivity index (χ3v) is 7.17. The Balaban J connectivity index is 1.41. The zero-order chi connectivity index (χ0) is 30.5. The molecule has 43 heavy (non-hydrogen) atoms. The SMILES string of the molecule is COc1ccc2cc1OCC(=O)N[C@@H]1CN(C(=O)c3cc(C(F)F)[nH]n3)CC[C@H]1Oc1cc(F)cc(c1)CNC(=O)CC2. The predicted octanol–water partition coefficient (Wildman–Crippen LogP) is 2.91. The topological polar surface area (TPSA) is 135 Å². The lowest BCUT2D eigenvalue weighted by Gasteiger charge is -2.38. The molecule has 0 saturated carbocycles. The Kier molecular flexibility index (Phi) is 9.02. The number of amides is 3. The molecule has 5 rings (SSSR count). The number of likely N-dealkylation sites (tertiary alicyclic amines) is 1. The highest BCUT2D eigenvalue weighted by Crippen LogP contribution is 2.29. The molecule has 0 aliphatic carbocycles. The van der Waals surface area contributed by atoms with Gasteiger partial charge in [0.2, 0.25) is 5.91 Å². The molecule has 11 nitrogen and oxygen atoms in total. The summed E-state index contributed by atoms with van der Waals surface area (Å²) >= 11 is 0. The highest BCUT2D eigenvalue weighted by atomic mass is 19.3. The smallest absolute Gasteiger partial charge is 0.279 e. The number of aromatic amines is 1. The number of hydrogen-bond acceptors (Lipinski definition) is 7. The molecule has 2 aromatic carbocycles. The number of carbonyl (C=O) groups is 3. The number of aryl methyl sites for hydroxylation is 1. The summed E-state index contributed by atoms with van der Waals surface area (Å²) in [4.78, 5) is 40.0. The van der Waals surface area contributed by atoms with Crippen molar-refractivity contribution in [1.82, 2.24) is 25.7 Å². The molecular weight excluding hydrogens is 571 g/mol. The monoisotopic (exact) mass is 601 g/mol. The number of hydrogen-bond donors (Lipinski definition) is 3. The van der Waals surface area contributed by atoms with E-state index in [1.54, 1.807) is 24.3 Å². The van der Waals surface area contributed by atoms with Crippen LogP contribution in [0.2, 0.25) is 0 Å². The van der Waals surface area contributed by atoms with Gasteiger partial charge in [0.05, 0.1) is 13.2 Å². The Morgan fingerprint density at radius 3 is 2.70 bits per heavy atom. The van der Waals surface area contributed by atoms with E-state index in [1.165, 1.54) is 24.1 Å². The van der Waals surface area contributed by atoms with E-state index in [-0.39, 0.29) is 49.8 Å². The molecule has 2 aliphatic rings. The van der Waals surface area contributed by atoms with Crippen molar-refractivity contribution in [2.24, 2.45) is 0 Å². The number of H-pyrrole nitrogens is 1. The first-order valence-corrected chi connectivity index (χ1v) is 13.6. The van der Waals surface area contributed by atoms with Crippen molar-refractivity contribution in [2.75, 3.05) is 26.8 Å². The van der Waals surface area contributed by atoms with Crippen LogP contribution in [0.1, 0.15) is 46.6 Å². The fraction of sp³-hybridized carbons (Fsp3) is 0.379. The lowest BCUT2D eigenvalue weighted by atomic mass is 10.0. The Morgan fingerprint density at radius 1 is 1.09 bits per heavy atom. The van der Waals surface area contributed by atoms with Crippen LogP contribution in [0.4, 0.5) is 13.2 Å². The number of piperidine rings is 1. The molecule has 4 bridgehead atoms. The van der Waals surface area contributed by atoms with E-state index >= 15 is 0 Å². The number of nitrogens with zero attached hydrogens (tertiary/aromatic N) is 2. The second-order valence-corrected chi connectivity index (χ2v) is 10.2. The van der Waals surface area contributed by atoms with Gasteiger partial charge in [-0.15, -0.1) is 0 Å². The molecule has 0 spiro atoms. The van der Waals surface area contributed by atoms with E-state index in [2.05, 4.69) is 20.8 Å². The Labute approximate surface area is 244 Å². The van der Waals surface area contributed by atoms with Crippen LogP contribution in [-0.4, -0.2) is 71.8 Å². The maximum absolute atomic E-state index is 14.5. The number of aromatic nitrogens is 2. The molecule has 0 unspecified atom stereocenters. The van der Waals surface area contributed by atoms with E-state index < -0.39 is 48.5 Å². The molecule has 3 aromatic rings. The molecule has 2 atom stereocenters. The normalized spacial score (nSPS) is 19.6. The summed E-state index contributed by atoms with van der Waals surface area (Å²) in [7, 11) is 1.46. The number of ether oxygens (including phenoxy) is 3. The van der Waals surface area contributed by atoms with Gasteiger partial charge in [-0.1, -0.05) is 6.07 Å². The molecule has 3 amide bonds. The molecule has 2 aliphatic heterocycles. The van der Waals surface area contributed by atoms with Gasteiger partial charge in [-0.3, -0.25) is 19.5 Å². The lowest BCUT2D eigenvalue weighted by molar-refractivity contribution is -0.125. The average molecular weight is 602 g/mol. The van der Waals surface area contributed by atoms with Gasteiger partial charge in [-0.25, -0.2) is 13.2 Å². The standard InChI is InChI=1S/C29H30F3N5O6/c1-41-24-4-2-16-3-5-26(38)33-13-17-8-18(30)11-19(9-17)43-23-6-7-37(29(40)21-12-20(28(31)32)35-36-21)14-22(23)34-27(39)15-42-25(24)10-16/h2,4,8-12,22-23,28H,3,5-7,13-15H2,1H3,(H,33,38)(H,34,39)(H,35,36)/t22-,23-/m1/s1. The van der Waals surface area contributed by atoms with Crippen LogP contribution in [0, 0.1) is 5.82 Å². The van der Waals surface area contributed by atoms with Crippen molar-refractivity contribution < 1.29 is 41.8 Å². The molecule has 3 N–H and O–H groups in total. The van der Waals surface area contributed by atoms with Crippen LogP contribution in [0.15, 0.2) is 42.5 Å². The maximum atomic E-state index is 14.5. The molecule has 14 heteroatoms. The summed E-state index contributed by atoms with van der Waals surface area (Å²) in [6.07, 6.45) is -2.73. The molecule has 3 heterocycles. The molecule has 0 radical (unpaired) electrons. The second-order valence-electron chi connectivity index (χ2n) is 10.2. The Morgan fingerprint density at radius 2 is 1.93 bits per heavy atom. The number of fused-ring (bicyclic) bond motifs is 5. The highest BCUT2D eigenvalue weighted by molar-refractivity contribution is 5.92. The largest absolute Gasteiger partial charge is 0.493 e. The van der Waals surface area contributed by atoms with Gasteiger partial charge in [-0.05, 0) is 47.9 Å². The maximum Gasteiger partial charge on any atom is 0.279 e. The van der Waals surface area contributed by atoms with Gasteiger partial charge in [-0.2, -0.15) is 5.10 Å². The van der Waals surface area contributed by atoms with Crippen molar-refractivity contribution in [3.63, 3.8) is 0 Å². The third-order valence-electron chi connectivity index (χ3n) is 7.17. The number of benzene rings is 2. The van der Waals surface area contributed by atoms with E-state index in [0.29, 0.717) is 23.5 Å². The van der Waals surface area contributed by atoms with E-state index in [9.17, 15) is 27.6 Å². The van der Waals surface area contributed by atoms with Crippen LogP contribution in [-0.2, 0) is 22.6 Å². The Hall–Kier alpha value is -4.75. The van der Waals surface area contributed by atoms with E-state index in [4.69, 9.17) is 14.2 Å². The minimum absolute atomic E-state index is 0.0385. The Bertz CT molecular complexity index is 1500. The first-order valence-electron chi connectivity index (χ1n) is 13.6. The van der Waals surface area contributed by atoms with Gasteiger partial charge in [0.25, 0.3) is 18.2 Å². The quantitative estimate of drug-likeness (QED) is 0.420. The summed E-state index contributed by atoms with van der Waals surface area (Å²) < 4.78 is 57.8. The highest BCUT2D eigenvalue weighted by Gasteiger charge is 2.35. The van der Waals surface area contributed by atoms with Crippen molar-refractivity contribution in [3.05, 3.63) is 70.8 Å². The zero-order valence-electron chi connectivity index (χ0n) is 23.2. The molecule has 1 aromatic heterocycles. The minimum atomic E-state index is -2.82. The summed E-state index contributed by atoms with van der Waals surface area (Å²) in [6.45, 7) is -0.214. The molecule has 1 saturated heterocycles. The summed E-state index contributed by atoms with van der Waals surface area (Å²) in [5.41, 5.74) is 0.587. The molecule has 228 valence electrons. The third kappa shape index (κ3) is 7.37. The molecule has 1 fully saturated rings.